The molecule has 3 rings (SSSR count). The molecule has 6 nitrogen and oxygen atoms in total. The Kier molecular flexibility index (Phi) is 7.09. The molecule has 1 aromatic heterocycles. The molecule has 8 heteroatoms. The lowest BCUT2D eigenvalue weighted by Crippen LogP contribution is -2.22. The topological polar surface area (TPSA) is 66.5 Å². The zero-order chi connectivity index (χ0) is 22.5. The molecule has 0 radical (unpaired) electrons. The predicted octanol–water partition coefficient (Wildman–Crippen LogP) is 5.22. The molecule has 0 aliphatic carbocycles. The second-order valence-corrected chi connectivity index (χ2v) is 7.64. The SMILES string of the molecule is COc1cc2nccc(Nc3ccc(F)c(Cl)c3)c2cc1NC(=O)/C=C/C(C)N(C)C. The van der Waals surface area contributed by atoms with E-state index < -0.39 is 5.82 Å². The third-order valence-corrected chi connectivity index (χ3v) is 5.15. The molecule has 2 aromatic carbocycles. The van der Waals surface area contributed by atoms with Gasteiger partial charge in [-0.05, 0) is 51.4 Å². The summed E-state index contributed by atoms with van der Waals surface area (Å²) in [4.78, 5) is 18.8. The van der Waals surface area contributed by atoms with Crippen LogP contribution < -0.4 is 15.4 Å². The molecule has 0 saturated heterocycles. The summed E-state index contributed by atoms with van der Waals surface area (Å²) in [6.07, 6.45) is 4.96. The maximum absolute atomic E-state index is 13.5. The Hall–Kier alpha value is -3.16. The van der Waals surface area contributed by atoms with Crippen molar-refractivity contribution in [3.63, 3.8) is 0 Å². The monoisotopic (exact) mass is 442 g/mol. The number of fused-ring (bicyclic) bond motifs is 1. The highest BCUT2D eigenvalue weighted by atomic mass is 35.5. The summed E-state index contributed by atoms with van der Waals surface area (Å²) in [5.41, 5.74) is 2.53. The molecule has 162 valence electrons. The van der Waals surface area contributed by atoms with Gasteiger partial charge in [0, 0.05) is 41.1 Å². The Morgan fingerprint density at radius 2 is 2.00 bits per heavy atom. The van der Waals surface area contributed by atoms with Crippen molar-refractivity contribution in [3.8, 4) is 5.75 Å². The molecule has 31 heavy (non-hydrogen) atoms. The lowest BCUT2D eigenvalue weighted by molar-refractivity contribution is -0.111. The highest BCUT2D eigenvalue weighted by Crippen LogP contribution is 2.34. The van der Waals surface area contributed by atoms with Gasteiger partial charge in [0.25, 0.3) is 0 Å². The summed E-state index contributed by atoms with van der Waals surface area (Å²) in [5.74, 6) is -0.266. The van der Waals surface area contributed by atoms with Gasteiger partial charge >= 0.3 is 0 Å². The number of ether oxygens (including phenoxy) is 1. The van der Waals surface area contributed by atoms with Crippen molar-refractivity contribution in [2.75, 3.05) is 31.8 Å². The standard InChI is InChI=1S/C23H24ClFN4O2/c1-14(29(2)3)5-8-23(30)28-21-12-16-19(9-10-26-20(16)13-22(21)31-4)27-15-6-7-18(25)17(24)11-15/h5-14H,1-4H3,(H,26,27)(H,28,30)/b8-5+. The van der Waals surface area contributed by atoms with Crippen LogP contribution >= 0.6 is 11.6 Å². The fraction of sp³-hybridized carbons (Fsp3) is 0.217. The van der Waals surface area contributed by atoms with Crippen molar-refractivity contribution in [2.45, 2.75) is 13.0 Å². The van der Waals surface area contributed by atoms with Crippen molar-refractivity contribution in [1.29, 1.82) is 0 Å². The quantitative estimate of drug-likeness (QED) is 0.491. The lowest BCUT2D eigenvalue weighted by Gasteiger charge is -2.16. The number of amides is 1. The fourth-order valence-corrected chi connectivity index (χ4v) is 3.03. The van der Waals surface area contributed by atoms with E-state index in [1.54, 1.807) is 30.5 Å². The van der Waals surface area contributed by atoms with E-state index in [1.165, 1.54) is 25.3 Å². The summed E-state index contributed by atoms with van der Waals surface area (Å²) in [6, 6.07) is 9.84. The van der Waals surface area contributed by atoms with Crippen molar-refractivity contribution < 1.29 is 13.9 Å². The third-order valence-electron chi connectivity index (χ3n) is 4.86. The van der Waals surface area contributed by atoms with Crippen LogP contribution in [-0.4, -0.2) is 43.0 Å². The van der Waals surface area contributed by atoms with E-state index in [9.17, 15) is 9.18 Å². The van der Waals surface area contributed by atoms with Crippen molar-refractivity contribution in [1.82, 2.24) is 9.88 Å². The highest BCUT2D eigenvalue weighted by Gasteiger charge is 2.12. The number of rotatable bonds is 7. The number of benzene rings is 2. The summed E-state index contributed by atoms with van der Waals surface area (Å²) in [7, 11) is 5.41. The molecule has 0 aliphatic heterocycles. The van der Waals surface area contributed by atoms with E-state index in [4.69, 9.17) is 16.3 Å². The van der Waals surface area contributed by atoms with Crippen molar-refractivity contribution in [3.05, 3.63) is 65.6 Å². The summed E-state index contributed by atoms with van der Waals surface area (Å²) >= 11 is 5.89. The number of methoxy groups -OCH3 is 1. The molecule has 1 heterocycles. The number of hydrogen-bond acceptors (Lipinski definition) is 5. The van der Waals surface area contributed by atoms with Gasteiger partial charge in [0.1, 0.15) is 11.6 Å². The van der Waals surface area contributed by atoms with Crippen LogP contribution in [0.15, 0.2) is 54.7 Å². The van der Waals surface area contributed by atoms with Gasteiger partial charge in [-0.2, -0.15) is 0 Å². The van der Waals surface area contributed by atoms with Crippen LogP contribution in [0.4, 0.5) is 21.5 Å². The number of likely N-dealkylation sites (N-methyl/N-ethyl adjacent to an activating group) is 1. The second kappa shape index (κ2) is 9.76. The summed E-state index contributed by atoms with van der Waals surface area (Å²) in [6.45, 7) is 1.99. The predicted molar refractivity (Wildman–Crippen MR) is 124 cm³/mol. The molecule has 1 unspecified atom stereocenters. The number of anilines is 3. The van der Waals surface area contributed by atoms with Crippen molar-refractivity contribution >= 4 is 45.5 Å². The first-order chi connectivity index (χ1) is 14.8. The van der Waals surface area contributed by atoms with Crippen LogP contribution in [0, 0.1) is 5.82 Å². The number of hydrogen-bond donors (Lipinski definition) is 2. The molecule has 0 spiro atoms. The average Bonchev–Trinajstić information content (AvgIpc) is 2.74. The van der Waals surface area contributed by atoms with E-state index in [0.717, 1.165) is 11.1 Å². The molecular weight excluding hydrogens is 419 g/mol. The first kappa shape index (κ1) is 22.5. The molecule has 1 atom stereocenters. The van der Waals surface area contributed by atoms with Crippen LogP contribution in [0.1, 0.15) is 6.92 Å². The molecule has 0 aliphatic rings. The minimum absolute atomic E-state index is 0.0247. The van der Waals surface area contributed by atoms with Gasteiger partial charge in [-0.3, -0.25) is 9.78 Å². The molecule has 1 amide bonds. The van der Waals surface area contributed by atoms with Crippen LogP contribution in [-0.2, 0) is 4.79 Å². The first-order valence-electron chi connectivity index (χ1n) is 9.63. The Bertz CT molecular complexity index is 1130. The Morgan fingerprint density at radius 3 is 2.68 bits per heavy atom. The van der Waals surface area contributed by atoms with Gasteiger partial charge in [-0.15, -0.1) is 0 Å². The first-order valence-corrected chi connectivity index (χ1v) is 10.0. The number of carbonyl (C=O) groups is 1. The van der Waals surface area contributed by atoms with Crippen LogP contribution in [0.5, 0.6) is 5.75 Å². The minimum Gasteiger partial charge on any atom is -0.494 e. The number of nitrogens with one attached hydrogen (secondary N) is 2. The average molecular weight is 443 g/mol. The molecular formula is C23H24ClFN4O2. The minimum atomic E-state index is -0.488. The number of nitrogens with zero attached hydrogens (tertiary/aromatic N) is 2. The molecule has 0 saturated carbocycles. The van der Waals surface area contributed by atoms with Gasteiger partial charge in [-0.1, -0.05) is 17.7 Å². The van der Waals surface area contributed by atoms with Crippen molar-refractivity contribution in [2.24, 2.45) is 0 Å². The zero-order valence-corrected chi connectivity index (χ0v) is 18.5. The lowest BCUT2D eigenvalue weighted by atomic mass is 10.1. The smallest absolute Gasteiger partial charge is 0.248 e. The molecule has 0 bridgehead atoms. The zero-order valence-electron chi connectivity index (χ0n) is 17.7. The number of carbonyl (C=O) groups excluding carboxylic acids is 1. The van der Waals surface area contributed by atoms with Crippen LogP contribution in [0.3, 0.4) is 0 Å². The maximum Gasteiger partial charge on any atom is 0.248 e. The van der Waals surface area contributed by atoms with Gasteiger partial charge in [-0.25, -0.2) is 4.39 Å². The highest BCUT2D eigenvalue weighted by molar-refractivity contribution is 6.31. The summed E-state index contributed by atoms with van der Waals surface area (Å²) < 4.78 is 18.9. The molecule has 0 fully saturated rings. The Morgan fingerprint density at radius 1 is 1.23 bits per heavy atom. The van der Waals surface area contributed by atoms with Gasteiger partial charge in [0.15, 0.2) is 0 Å². The van der Waals surface area contributed by atoms with E-state index in [2.05, 4.69) is 15.6 Å². The number of pyridine rings is 1. The Balaban J connectivity index is 1.94. The second-order valence-electron chi connectivity index (χ2n) is 7.23. The number of halogens is 2. The van der Waals surface area contributed by atoms with E-state index in [0.29, 0.717) is 22.6 Å². The van der Waals surface area contributed by atoms with Gasteiger partial charge in [0.2, 0.25) is 5.91 Å². The van der Waals surface area contributed by atoms with E-state index >= 15 is 0 Å². The van der Waals surface area contributed by atoms with E-state index in [1.807, 2.05) is 32.0 Å². The molecule has 2 N–H and O–H groups in total. The van der Waals surface area contributed by atoms with E-state index in [-0.39, 0.29) is 17.0 Å². The van der Waals surface area contributed by atoms with Crippen LogP contribution in [0.25, 0.3) is 10.9 Å². The molecule has 3 aromatic rings. The fourth-order valence-electron chi connectivity index (χ4n) is 2.85. The van der Waals surface area contributed by atoms with Crippen LogP contribution in [0.2, 0.25) is 5.02 Å². The van der Waals surface area contributed by atoms with Gasteiger partial charge < -0.3 is 20.3 Å². The Labute approximate surface area is 185 Å². The largest absolute Gasteiger partial charge is 0.494 e. The number of aromatic nitrogens is 1. The maximum atomic E-state index is 13.5. The third kappa shape index (κ3) is 5.51. The van der Waals surface area contributed by atoms with Gasteiger partial charge in [0.05, 0.1) is 23.3 Å². The normalized spacial score (nSPS) is 12.4. The summed E-state index contributed by atoms with van der Waals surface area (Å²) in [5, 5.41) is 6.86.